The van der Waals surface area contributed by atoms with E-state index in [-0.39, 0.29) is 4.90 Å². The lowest BCUT2D eigenvalue weighted by Gasteiger charge is -2.12. The number of methoxy groups -OCH3 is 1. The van der Waals surface area contributed by atoms with E-state index < -0.39 is 10.0 Å². The summed E-state index contributed by atoms with van der Waals surface area (Å²) in [7, 11) is -1.98. The Bertz CT molecular complexity index is 1010. The Kier molecular flexibility index (Phi) is 4.01. The SMILES string of the molecule is COc1ccc2c(ccn2S(=O)(=O)c2ccccc2)c1CNC1CC1. The number of fused-ring (bicyclic) bond motifs is 1. The Balaban J connectivity index is 1.83. The third kappa shape index (κ3) is 2.92. The van der Waals surface area contributed by atoms with Gasteiger partial charge in [0.2, 0.25) is 0 Å². The van der Waals surface area contributed by atoms with Gasteiger partial charge in [0.15, 0.2) is 0 Å². The highest BCUT2D eigenvalue weighted by atomic mass is 32.2. The third-order valence-electron chi connectivity index (χ3n) is 4.57. The lowest BCUT2D eigenvalue weighted by atomic mass is 10.1. The lowest BCUT2D eigenvalue weighted by Crippen LogP contribution is -2.16. The molecule has 6 heteroatoms. The van der Waals surface area contributed by atoms with Crippen LogP contribution >= 0.6 is 0 Å². The van der Waals surface area contributed by atoms with Crippen molar-refractivity contribution in [3.63, 3.8) is 0 Å². The van der Waals surface area contributed by atoms with Crippen LogP contribution in [-0.2, 0) is 16.6 Å². The summed E-state index contributed by atoms with van der Waals surface area (Å²) in [5.74, 6) is 0.774. The molecule has 1 aliphatic rings. The van der Waals surface area contributed by atoms with Crippen molar-refractivity contribution in [2.24, 2.45) is 0 Å². The molecule has 0 bridgehead atoms. The summed E-state index contributed by atoms with van der Waals surface area (Å²) < 4.78 is 32.8. The van der Waals surface area contributed by atoms with Crippen molar-refractivity contribution in [1.29, 1.82) is 0 Å². The highest BCUT2D eigenvalue weighted by molar-refractivity contribution is 7.90. The van der Waals surface area contributed by atoms with Crippen LogP contribution in [0.25, 0.3) is 10.9 Å². The molecule has 0 unspecified atom stereocenters. The topological polar surface area (TPSA) is 60.3 Å². The molecule has 3 aromatic rings. The second-order valence-electron chi connectivity index (χ2n) is 6.26. The van der Waals surface area contributed by atoms with Crippen LogP contribution in [0.1, 0.15) is 18.4 Å². The zero-order valence-electron chi connectivity index (χ0n) is 14.0. The number of nitrogens with zero attached hydrogens (tertiary/aromatic N) is 1. The standard InChI is InChI=1S/C19H20N2O3S/c1-24-19-10-9-18-16(17(19)13-20-14-7-8-14)11-12-21(18)25(22,23)15-5-3-2-4-6-15/h2-6,9-12,14,20H,7-8,13H2,1H3. The van der Waals surface area contributed by atoms with E-state index in [9.17, 15) is 8.42 Å². The molecule has 1 fully saturated rings. The van der Waals surface area contributed by atoms with Gasteiger partial charge in [-0.15, -0.1) is 0 Å². The molecule has 0 amide bonds. The maximum atomic E-state index is 13.0. The summed E-state index contributed by atoms with van der Waals surface area (Å²) in [6, 6.07) is 14.5. The van der Waals surface area contributed by atoms with Gasteiger partial charge in [-0.3, -0.25) is 0 Å². The zero-order chi connectivity index (χ0) is 17.4. The Labute approximate surface area is 147 Å². The molecule has 0 atom stereocenters. The Hall–Kier alpha value is -2.31. The van der Waals surface area contributed by atoms with Crippen LogP contribution in [0.3, 0.4) is 0 Å². The summed E-state index contributed by atoms with van der Waals surface area (Å²) in [6.07, 6.45) is 4.01. The highest BCUT2D eigenvalue weighted by Crippen LogP contribution is 2.31. The Morgan fingerprint density at radius 1 is 1.12 bits per heavy atom. The van der Waals surface area contributed by atoms with Crippen LogP contribution in [-0.4, -0.2) is 25.5 Å². The molecule has 130 valence electrons. The second-order valence-corrected chi connectivity index (χ2v) is 8.08. The molecule has 0 aliphatic heterocycles. The van der Waals surface area contributed by atoms with Crippen molar-refractivity contribution in [3.8, 4) is 5.75 Å². The molecule has 0 radical (unpaired) electrons. The maximum Gasteiger partial charge on any atom is 0.268 e. The van der Waals surface area contributed by atoms with Crippen LogP contribution < -0.4 is 10.1 Å². The predicted molar refractivity (Wildman–Crippen MR) is 97.4 cm³/mol. The largest absolute Gasteiger partial charge is 0.496 e. The fourth-order valence-corrected chi connectivity index (χ4v) is 4.42. The van der Waals surface area contributed by atoms with Crippen LogP contribution in [0.5, 0.6) is 5.75 Å². The molecule has 0 saturated heterocycles. The molecule has 0 spiro atoms. The van der Waals surface area contributed by atoms with Crippen molar-refractivity contribution in [1.82, 2.24) is 9.29 Å². The van der Waals surface area contributed by atoms with Crippen molar-refractivity contribution < 1.29 is 13.2 Å². The van der Waals surface area contributed by atoms with Gasteiger partial charge in [0.05, 0.1) is 17.5 Å². The molecule has 1 N–H and O–H groups in total. The first-order valence-corrected chi connectivity index (χ1v) is 9.76. The minimum atomic E-state index is -3.62. The maximum absolute atomic E-state index is 13.0. The molecule has 1 saturated carbocycles. The van der Waals surface area contributed by atoms with Crippen LogP contribution in [0.4, 0.5) is 0 Å². The summed E-state index contributed by atoms with van der Waals surface area (Å²) in [5.41, 5.74) is 1.66. The highest BCUT2D eigenvalue weighted by Gasteiger charge is 2.23. The molecule has 4 rings (SSSR count). The van der Waals surface area contributed by atoms with E-state index in [1.54, 1.807) is 49.7 Å². The monoisotopic (exact) mass is 356 g/mol. The summed E-state index contributed by atoms with van der Waals surface area (Å²) >= 11 is 0. The molecule has 25 heavy (non-hydrogen) atoms. The number of benzene rings is 2. The molecule has 5 nitrogen and oxygen atoms in total. The van der Waals surface area contributed by atoms with Gasteiger partial charge in [-0.1, -0.05) is 18.2 Å². The molecule has 1 aliphatic carbocycles. The van der Waals surface area contributed by atoms with E-state index in [0.717, 1.165) is 16.7 Å². The third-order valence-corrected chi connectivity index (χ3v) is 6.27. The predicted octanol–water partition coefficient (Wildman–Crippen LogP) is 3.14. The molecular weight excluding hydrogens is 336 g/mol. The van der Waals surface area contributed by atoms with Gasteiger partial charge in [-0.05, 0) is 43.2 Å². The number of nitrogens with one attached hydrogen (secondary N) is 1. The summed E-state index contributed by atoms with van der Waals surface area (Å²) in [6.45, 7) is 0.667. The van der Waals surface area contributed by atoms with Gasteiger partial charge in [-0.25, -0.2) is 12.4 Å². The number of aromatic nitrogens is 1. The van der Waals surface area contributed by atoms with Gasteiger partial charge < -0.3 is 10.1 Å². The van der Waals surface area contributed by atoms with Gasteiger partial charge in [0.1, 0.15) is 5.75 Å². The van der Waals surface area contributed by atoms with Gasteiger partial charge in [-0.2, -0.15) is 0 Å². The average Bonchev–Trinajstić information content (AvgIpc) is 3.36. The zero-order valence-corrected chi connectivity index (χ0v) is 14.8. The minimum absolute atomic E-state index is 0.279. The minimum Gasteiger partial charge on any atom is -0.496 e. The van der Waals surface area contributed by atoms with Crippen LogP contribution in [0.15, 0.2) is 59.6 Å². The fraction of sp³-hybridized carbons (Fsp3) is 0.263. The molecule has 2 aromatic carbocycles. The van der Waals surface area contributed by atoms with E-state index in [2.05, 4.69) is 5.32 Å². The van der Waals surface area contributed by atoms with Crippen molar-refractivity contribution in [3.05, 3.63) is 60.3 Å². The smallest absolute Gasteiger partial charge is 0.268 e. The van der Waals surface area contributed by atoms with Gasteiger partial charge >= 0.3 is 0 Å². The molecular formula is C19H20N2O3S. The first-order chi connectivity index (χ1) is 12.1. The van der Waals surface area contributed by atoms with Crippen molar-refractivity contribution in [2.75, 3.05) is 7.11 Å². The van der Waals surface area contributed by atoms with Crippen molar-refractivity contribution in [2.45, 2.75) is 30.3 Å². The summed E-state index contributed by atoms with van der Waals surface area (Å²) in [4.78, 5) is 0.279. The first kappa shape index (κ1) is 16.2. The van der Waals surface area contributed by atoms with Gasteiger partial charge in [0.25, 0.3) is 10.0 Å². The van der Waals surface area contributed by atoms with E-state index >= 15 is 0 Å². The van der Waals surface area contributed by atoms with Gasteiger partial charge in [0, 0.05) is 29.7 Å². The van der Waals surface area contributed by atoms with Crippen LogP contribution in [0.2, 0.25) is 0 Å². The quantitative estimate of drug-likeness (QED) is 0.737. The van der Waals surface area contributed by atoms with E-state index in [4.69, 9.17) is 4.74 Å². The van der Waals surface area contributed by atoms with E-state index in [1.165, 1.54) is 16.8 Å². The fourth-order valence-electron chi connectivity index (χ4n) is 3.06. The van der Waals surface area contributed by atoms with Crippen LogP contribution in [0, 0.1) is 0 Å². The number of hydrogen-bond acceptors (Lipinski definition) is 4. The average molecular weight is 356 g/mol. The van der Waals surface area contributed by atoms with Crippen molar-refractivity contribution >= 4 is 20.9 Å². The normalized spacial score (nSPS) is 14.8. The second kappa shape index (κ2) is 6.20. The number of ether oxygens (including phenoxy) is 1. The first-order valence-electron chi connectivity index (χ1n) is 8.32. The lowest BCUT2D eigenvalue weighted by molar-refractivity contribution is 0.408. The Morgan fingerprint density at radius 2 is 1.88 bits per heavy atom. The molecule has 1 heterocycles. The summed E-state index contributed by atoms with van der Waals surface area (Å²) in [5, 5.41) is 4.38. The molecule has 1 aromatic heterocycles. The number of hydrogen-bond donors (Lipinski definition) is 1. The van der Waals surface area contributed by atoms with E-state index in [1.807, 2.05) is 12.1 Å². The van der Waals surface area contributed by atoms with E-state index in [0.29, 0.717) is 18.1 Å². The number of rotatable bonds is 6. The Morgan fingerprint density at radius 3 is 2.56 bits per heavy atom.